The highest BCUT2D eigenvalue weighted by Gasteiger charge is 2.14. The maximum atomic E-state index is 12.9. The molecule has 5 nitrogen and oxygen atoms in total. The van der Waals surface area contributed by atoms with Crippen LogP contribution < -0.4 is 0 Å². The number of halogens is 1. The van der Waals surface area contributed by atoms with Crippen LogP contribution in [-0.2, 0) is 7.05 Å². The van der Waals surface area contributed by atoms with E-state index >= 15 is 0 Å². The van der Waals surface area contributed by atoms with Gasteiger partial charge in [0.1, 0.15) is 5.82 Å². The number of thioether (sulfide) groups is 1. The van der Waals surface area contributed by atoms with Gasteiger partial charge in [0.25, 0.3) is 0 Å². The Bertz CT molecular complexity index is 777. The second-order valence-corrected chi connectivity index (χ2v) is 5.97. The number of nitrogens with zero attached hydrogens (tertiary/aromatic N) is 4. The molecule has 1 unspecified atom stereocenters. The zero-order valence-corrected chi connectivity index (χ0v) is 13.2. The minimum absolute atomic E-state index is 0.316. The molecule has 0 aliphatic heterocycles. The van der Waals surface area contributed by atoms with Gasteiger partial charge in [0.05, 0.1) is 6.10 Å². The lowest BCUT2D eigenvalue weighted by molar-refractivity contribution is 0.204. The summed E-state index contributed by atoms with van der Waals surface area (Å²) >= 11 is 1.40. The second kappa shape index (κ2) is 6.89. The standard InChI is InChI=1S/C16H15FN4OS/c1-21-15(12-6-8-18-9-7-12)19-20-16(21)23-10-14(22)11-2-4-13(17)5-3-11/h2-9,14,22H,10H2,1H3. The van der Waals surface area contributed by atoms with Gasteiger partial charge in [-0.05, 0) is 29.8 Å². The van der Waals surface area contributed by atoms with Gasteiger partial charge >= 0.3 is 0 Å². The first-order valence-corrected chi connectivity index (χ1v) is 8.00. The van der Waals surface area contributed by atoms with Gasteiger partial charge in [0, 0.05) is 30.8 Å². The quantitative estimate of drug-likeness (QED) is 0.729. The van der Waals surface area contributed by atoms with E-state index in [1.54, 1.807) is 24.5 Å². The summed E-state index contributed by atoms with van der Waals surface area (Å²) in [7, 11) is 1.88. The molecule has 2 aromatic heterocycles. The summed E-state index contributed by atoms with van der Waals surface area (Å²) in [6.45, 7) is 0. The van der Waals surface area contributed by atoms with Crippen molar-refractivity contribution in [2.24, 2.45) is 7.05 Å². The fourth-order valence-electron chi connectivity index (χ4n) is 2.13. The van der Waals surface area contributed by atoms with Crippen molar-refractivity contribution in [3.63, 3.8) is 0 Å². The molecule has 0 saturated heterocycles. The van der Waals surface area contributed by atoms with Gasteiger partial charge in [-0.1, -0.05) is 23.9 Å². The highest BCUT2D eigenvalue weighted by Crippen LogP contribution is 2.26. The molecule has 0 aliphatic carbocycles. The molecule has 0 amide bonds. The maximum absolute atomic E-state index is 12.9. The van der Waals surface area contributed by atoms with E-state index in [2.05, 4.69) is 15.2 Å². The molecule has 1 aromatic carbocycles. The van der Waals surface area contributed by atoms with Crippen LogP contribution in [0.3, 0.4) is 0 Å². The third-order valence-corrected chi connectivity index (χ3v) is 4.49. The summed E-state index contributed by atoms with van der Waals surface area (Å²) in [6, 6.07) is 9.58. The van der Waals surface area contributed by atoms with E-state index in [1.165, 1.54) is 23.9 Å². The van der Waals surface area contributed by atoms with Gasteiger partial charge in [0.15, 0.2) is 11.0 Å². The normalized spacial score (nSPS) is 12.3. The number of pyridine rings is 1. The number of hydrogen-bond acceptors (Lipinski definition) is 5. The molecular weight excluding hydrogens is 315 g/mol. The van der Waals surface area contributed by atoms with Gasteiger partial charge in [-0.15, -0.1) is 10.2 Å². The topological polar surface area (TPSA) is 63.8 Å². The molecule has 118 valence electrons. The Balaban J connectivity index is 1.69. The predicted molar refractivity (Wildman–Crippen MR) is 86.3 cm³/mol. The van der Waals surface area contributed by atoms with Crippen molar-refractivity contribution < 1.29 is 9.50 Å². The number of rotatable bonds is 5. The molecule has 23 heavy (non-hydrogen) atoms. The van der Waals surface area contributed by atoms with Crippen molar-refractivity contribution >= 4 is 11.8 Å². The lowest BCUT2D eigenvalue weighted by Crippen LogP contribution is -2.02. The fraction of sp³-hybridized carbons (Fsp3) is 0.188. The van der Waals surface area contributed by atoms with Crippen molar-refractivity contribution in [2.45, 2.75) is 11.3 Å². The predicted octanol–water partition coefficient (Wildman–Crippen LogP) is 2.84. The molecule has 1 atom stereocenters. The fourth-order valence-corrected chi connectivity index (χ4v) is 3.01. The van der Waals surface area contributed by atoms with Crippen molar-refractivity contribution in [3.05, 3.63) is 60.2 Å². The molecule has 0 saturated carbocycles. The Kier molecular flexibility index (Phi) is 4.68. The molecule has 0 bridgehead atoms. The zero-order chi connectivity index (χ0) is 16.2. The Labute approximate surface area is 137 Å². The number of benzene rings is 1. The van der Waals surface area contributed by atoms with Gasteiger partial charge in [-0.25, -0.2) is 4.39 Å². The molecule has 0 spiro atoms. The van der Waals surface area contributed by atoms with Crippen molar-refractivity contribution in [1.29, 1.82) is 0 Å². The summed E-state index contributed by atoms with van der Waals surface area (Å²) in [6.07, 6.45) is 2.71. The SMILES string of the molecule is Cn1c(SCC(O)c2ccc(F)cc2)nnc1-c1ccncc1. The van der Waals surface area contributed by atoms with Gasteiger partial charge in [-0.3, -0.25) is 4.98 Å². The number of aromatic nitrogens is 4. The van der Waals surface area contributed by atoms with Crippen molar-refractivity contribution in [3.8, 4) is 11.4 Å². The highest BCUT2D eigenvalue weighted by atomic mass is 32.2. The summed E-state index contributed by atoms with van der Waals surface area (Å²) in [5.74, 6) is 0.837. The molecule has 0 aliphatic rings. The maximum Gasteiger partial charge on any atom is 0.191 e. The van der Waals surface area contributed by atoms with Crippen LogP contribution in [-0.4, -0.2) is 30.6 Å². The minimum atomic E-state index is -0.693. The van der Waals surface area contributed by atoms with Crippen LogP contribution in [0, 0.1) is 5.82 Å². The third kappa shape index (κ3) is 3.57. The highest BCUT2D eigenvalue weighted by molar-refractivity contribution is 7.99. The average Bonchev–Trinajstić information content (AvgIpc) is 2.95. The number of aliphatic hydroxyl groups is 1. The summed E-state index contributed by atoms with van der Waals surface area (Å²) in [4.78, 5) is 3.98. The van der Waals surface area contributed by atoms with Crippen LogP contribution in [0.5, 0.6) is 0 Å². The van der Waals surface area contributed by atoms with E-state index in [4.69, 9.17) is 0 Å². The summed E-state index contributed by atoms with van der Waals surface area (Å²) in [5.41, 5.74) is 1.61. The minimum Gasteiger partial charge on any atom is -0.388 e. The van der Waals surface area contributed by atoms with E-state index in [1.807, 2.05) is 23.7 Å². The number of aliphatic hydroxyl groups excluding tert-OH is 1. The summed E-state index contributed by atoms with van der Waals surface area (Å²) in [5, 5.41) is 19.2. The van der Waals surface area contributed by atoms with Crippen molar-refractivity contribution in [1.82, 2.24) is 19.7 Å². The Hall–Kier alpha value is -2.25. The van der Waals surface area contributed by atoms with E-state index in [9.17, 15) is 9.50 Å². The molecule has 3 aromatic rings. The van der Waals surface area contributed by atoms with Crippen LogP contribution in [0.25, 0.3) is 11.4 Å². The van der Waals surface area contributed by atoms with Crippen LogP contribution in [0.2, 0.25) is 0 Å². The van der Waals surface area contributed by atoms with Crippen LogP contribution in [0.4, 0.5) is 4.39 Å². The van der Waals surface area contributed by atoms with Crippen LogP contribution >= 0.6 is 11.8 Å². The molecular formula is C16H15FN4OS. The molecule has 0 fully saturated rings. The monoisotopic (exact) mass is 330 g/mol. The first kappa shape index (κ1) is 15.6. The Morgan fingerprint density at radius 2 is 1.83 bits per heavy atom. The van der Waals surface area contributed by atoms with E-state index < -0.39 is 6.10 Å². The first-order valence-electron chi connectivity index (χ1n) is 7.01. The zero-order valence-electron chi connectivity index (χ0n) is 12.4. The second-order valence-electron chi connectivity index (χ2n) is 4.98. The summed E-state index contributed by atoms with van der Waals surface area (Å²) < 4.78 is 14.8. The molecule has 1 N–H and O–H groups in total. The molecule has 2 heterocycles. The van der Waals surface area contributed by atoms with Gasteiger partial charge in [-0.2, -0.15) is 0 Å². The number of hydrogen-bond donors (Lipinski definition) is 1. The van der Waals surface area contributed by atoms with E-state index in [0.29, 0.717) is 16.5 Å². The van der Waals surface area contributed by atoms with Gasteiger partial charge in [0.2, 0.25) is 0 Å². The molecule has 3 rings (SSSR count). The van der Waals surface area contributed by atoms with Gasteiger partial charge < -0.3 is 9.67 Å². The smallest absolute Gasteiger partial charge is 0.191 e. The lowest BCUT2D eigenvalue weighted by Gasteiger charge is -2.10. The van der Waals surface area contributed by atoms with Crippen LogP contribution in [0.15, 0.2) is 53.9 Å². The third-order valence-electron chi connectivity index (χ3n) is 3.40. The van der Waals surface area contributed by atoms with Crippen LogP contribution in [0.1, 0.15) is 11.7 Å². The largest absolute Gasteiger partial charge is 0.388 e. The Morgan fingerprint density at radius 1 is 1.13 bits per heavy atom. The first-order chi connectivity index (χ1) is 11.1. The molecule has 7 heteroatoms. The molecule has 0 radical (unpaired) electrons. The average molecular weight is 330 g/mol. The Morgan fingerprint density at radius 3 is 2.52 bits per heavy atom. The van der Waals surface area contributed by atoms with Crippen molar-refractivity contribution in [2.75, 3.05) is 5.75 Å². The van der Waals surface area contributed by atoms with E-state index in [0.717, 1.165) is 11.4 Å². The lowest BCUT2D eigenvalue weighted by atomic mass is 10.1. The van der Waals surface area contributed by atoms with E-state index in [-0.39, 0.29) is 5.82 Å².